The monoisotopic (exact) mass is 343 g/mol. The molecule has 3 heterocycles. The van der Waals surface area contributed by atoms with Gasteiger partial charge in [-0.2, -0.15) is 0 Å². The van der Waals surface area contributed by atoms with Gasteiger partial charge in [0.05, 0.1) is 23.0 Å². The Morgan fingerprint density at radius 2 is 2.12 bits per heavy atom. The number of nitrogens with two attached hydrogens (primary N) is 1. The summed E-state index contributed by atoms with van der Waals surface area (Å²) in [6.07, 6.45) is 3.39. The molecule has 2 N–H and O–H groups in total. The first kappa shape index (κ1) is 17.5. The minimum atomic E-state index is -0.0197. The summed E-state index contributed by atoms with van der Waals surface area (Å²) >= 11 is 0. The van der Waals surface area contributed by atoms with Gasteiger partial charge in [0.25, 0.3) is 0 Å². The standard InChI is InChI=1S/C18H25N5O2/c1-11-10-14(15-6-4-5-9-23(15)16(24)7-8-19)21-18(20-11)17-12(2)22-25-13(17)3/h10,15H,4-9,19H2,1-3H3/t15-/m1/s1. The molecule has 0 spiro atoms. The highest BCUT2D eigenvalue weighted by Gasteiger charge is 2.29. The van der Waals surface area contributed by atoms with Crippen LogP contribution in [0.5, 0.6) is 0 Å². The lowest BCUT2D eigenvalue weighted by atomic mass is 9.98. The van der Waals surface area contributed by atoms with Crippen LogP contribution in [0.3, 0.4) is 0 Å². The maximum Gasteiger partial charge on any atom is 0.224 e. The molecule has 0 aromatic carbocycles. The second-order valence-corrected chi connectivity index (χ2v) is 6.59. The highest BCUT2D eigenvalue weighted by atomic mass is 16.5. The van der Waals surface area contributed by atoms with Crippen LogP contribution in [-0.4, -0.2) is 39.0 Å². The zero-order valence-corrected chi connectivity index (χ0v) is 15.1. The Morgan fingerprint density at radius 3 is 2.80 bits per heavy atom. The molecule has 1 saturated heterocycles. The Kier molecular flexibility index (Phi) is 5.13. The summed E-state index contributed by atoms with van der Waals surface area (Å²) in [4.78, 5) is 23.7. The molecule has 0 unspecified atom stereocenters. The van der Waals surface area contributed by atoms with E-state index in [1.165, 1.54) is 0 Å². The van der Waals surface area contributed by atoms with Gasteiger partial charge in [-0.3, -0.25) is 4.79 Å². The minimum absolute atomic E-state index is 0.0197. The number of piperidine rings is 1. The molecule has 2 aromatic rings. The van der Waals surface area contributed by atoms with Gasteiger partial charge < -0.3 is 15.2 Å². The van der Waals surface area contributed by atoms with E-state index in [4.69, 9.17) is 15.2 Å². The van der Waals surface area contributed by atoms with E-state index in [1.54, 1.807) is 0 Å². The fourth-order valence-corrected chi connectivity index (χ4v) is 3.48. The third-order valence-corrected chi connectivity index (χ3v) is 4.65. The van der Waals surface area contributed by atoms with Gasteiger partial charge in [0.15, 0.2) is 5.82 Å². The van der Waals surface area contributed by atoms with E-state index in [9.17, 15) is 4.79 Å². The molecule has 7 heteroatoms. The van der Waals surface area contributed by atoms with Crippen molar-refractivity contribution in [2.24, 2.45) is 5.73 Å². The van der Waals surface area contributed by atoms with E-state index in [-0.39, 0.29) is 11.9 Å². The first-order chi connectivity index (χ1) is 12.0. The second-order valence-electron chi connectivity index (χ2n) is 6.59. The van der Waals surface area contributed by atoms with Crippen molar-refractivity contribution in [3.05, 3.63) is 28.9 Å². The second kappa shape index (κ2) is 7.31. The van der Waals surface area contributed by atoms with Crippen LogP contribution in [0.1, 0.15) is 54.6 Å². The topological polar surface area (TPSA) is 98.1 Å². The van der Waals surface area contributed by atoms with Gasteiger partial charge in [0.1, 0.15) is 5.76 Å². The molecule has 1 amide bonds. The lowest BCUT2D eigenvalue weighted by Gasteiger charge is -2.35. The molecule has 7 nitrogen and oxygen atoms in total. The van der Waals surface area contributed by atoms with E-state index in [1.807, 2.05) is 31.7 Å². The molecule has 1 aliphatic heterocycles. The quantitative estimate of drug-likeness (QED) is 0.915. The summed E-state index contributed by atoms with van der Waals surface area (Å²) in [6, 6.07) is 1.95. The van der Waals surface area contributed by atoms with E-state index in [2.05, 4.69) is 10.1 Å². The van der Waals surface area contributed by atoms with Gasteiger partial charge in [0.2, 0.25) is 5.91 Å². The average Bonchev–Trinajstić information content (AvgIpc) is 2.93. The van der Waals surface area contributed by atoms with Crippen LogP contribution in [0.4, 0.5) is 0 Å². The molecule has 2 aromatic heterocycles. The average molecular weight is 343 g/mol. The Balaban J connectivity index is 2.00. The van der Waals surface area contributed by atoms with Crippen molar-refractivity contribution >= 4 is 5.91 Å². The molecule has 134 valence electrons. The lowest BCUT2D eigenvalue weighted by molar-refractivity contribution is -0.134. The summed E-state index contributed by atoms with van der Waals surface area (Å²) in [5.74, 6) is 1.42. The number of likely N-dealkylation sites (tertiary alicyclic amines) is 1. The van der Waals surface area contributed by atoms with Crippen molar-refractivity contribution in [3.63, 3.8) is 0 Å². The summed E-state index contributed by atoms with van der Waals surface area (Å²) in [6.45, 7) is 6.82. The van der Waals surface area contributed by atoms with Crippen LogP contribution >= 0.6 is 0 Å². The molecule has 0 bridgehead atoms. The molecular weight excluding hydrogens is 318 g/mol. The predicted molar refractivity (Wildman–Crippen MR) is 93.7 cm³/mol. The summed E-state index contributed by atoms with van der Waals surface area (Å²) in [5, 5.41) is 4.00. The highest BCUT2D eigenvalue weighted by Crippen LogP contribution is 2.32. The molecule has 25 heavy (non-hydrogen) atoms. The van der Waals surface area contributed by atoms with Crippen LogP contribution in [0, 0.1) is 20.8 Å². The summed E-state index contributed by atoms with van der Waals surface area (Å²) in [5.41, 5.74) is 8.94. The van der Waals surface area contributed by atoms with Gasteiger partial charge in [-0.05, 0) is 46.1 Å². The third kappa shape index (κ3) is 3.56. The lowest BCUT2D eigenvalue weighted by Crippen LogP contribution is -2.39. The molecule has 1 aliphatic rings. The van der Waals surface area contributed by atoms with Crippen molar-refractivity contribution in [1.29, 1.82) is 0 Å². The third-order valence-electron chi connectivity index (χ3n) is 4.65. The number of amides is 1. The fourth-order valence-electron chi connectivity index (χ4n) is 3.48. The zero-order chi connectivity index (χ0) is 18.0. The van der Waals surface area contributed by atoms with E-state index in [0.717, 1.165) is 48.5 Å². The van der Waals surface area contributed by atoms with Gasteiger partial charge in [0, 0.05) is 25.2 Å². The maximum atomic E-state index is 12.5. The number of carbonyl (C=O) groups is 1. The van der Waals surface area contributed by atoms with Crippen LogP contribution < -0.4 is 5.73 Å². The summed E-state index contributed by atoms with van der Waals surface area (Å²) < 4.78 is 5.26. The van der Waals surface area contributed by atoms with Crippen LogP contribution in [0.25, 0.3) is 11.4 Å². The van der Waals surface area contributed by atoms with Gasteiger partial charge >= 0.3 is 0 Å². The highest BCUT2D eigenvalue weighted by molar-refractivity contribution is 5.77. The fraction of sp³-hybridized carbons (Fsp3) is 0.556. The van der Waals surface area contributed by atoms with E-state index in [0.29, 0.717) is 24.6 Å². The molecule has 1 atom stereocenters. The van der Waals surface area contributed by atoms with Crippen molar-refractivity contribution < 1.29 is 9.32 Å². The number of rotatable bonds is 4. The number of aromatic nitrogens is 3. The first-order valence-corrected chi connectivity index (χ1v) is 8.79. The van der Waals surface area contributed by atoms with Gasteiger partial charge in [-0.15, -0.1) is 0 Å². The molecule has 0 aliphatic carbocycles. The van der Waals surface area contributed by atoms with E-state index >= 15 is 0 Å². The number of carbonyl (C=O) groups excluding carboxylic acids is 1. The Morgan fingerprint density at radius 1 is 1.32 bits per heavy atom. The van der Waals surface area contributed by atoms with E-state index < -0.39 is 0 Å². The number of hydrogen-bond donors (Lipinski definition) is 1. The largest absolute Gasteiger partial charge is 0.361 e. The van der Waals surface area contributed by atoms with Crippen molar-refractivity contribution in [2.45, 2.75) is 52.5 Å². The van der Waals surface area contributed by atoms with Gasteiger partial charge in [-0.25, -0.2) is 9.97 Å². The molecular formula is C18H25N5O2. The molecule has 3 rings (SSSR count). The number of aryl methyl sites for hydroxylation is 3. The van der Waals surface area contributed by atoms with Crippen molar-refractivity contribution in [2.75, 3.05) is 13.1 Å². The SMILES string of the molecule is Cc1cc([C@H]2CCCCN2C(=O)CCN)nc(-c2c(C)noc2C)n1. The minimum Gasteiger partial charge on any atom is -0.361 e. The molecule has 1 fully saturated rings. The van der Waals surface area contributed by atoms with Crippen LogP contribution in [0.15, 0.2) is 10.6 Å². The molecule has 0 radical (unpaired) electrons. The Bertz CT molecular complexity index is 751. The maximum absolute atomic E-state index is 12.5. The van der Waals surface area contributed by atoms with Gasteiger partial charge in [-0.1, -0.05) is 5.16 Å². The van der Waals surface area contributed by atoms with Crippen molar-refractivity contribution in [1.82, 2.24) is 20.0 Å². The number of hydrogen-bond acceptors (Lipinski definition) is 6. The first-order valence-electron chi connectivity index (χ1n) is 8.79. The van der Waals surface area contributed by atoms with Crippen molar-refractivity contribution in [3.8, 4) is 11.4 Å². The van der Waals surface area contributed by atoms with Crippen LogP contribution in [-0.2, 0) is 4.79 Å². The Hall–Kier alpha value is -2.28. The smallest absolute Gasteiger partial charge is 0.224 e. The summed E-state index contributed by atoms with van der Waals surface area (Å²) in [7, 11) is 0. The normalized spacial score (nSPS) is 17.8. The van der Waals surface area contributed by atoms with Crippen LogP contribution in [0.2, 0.25) is 0 Å². The predicted octanol–water partition coefficient (Wildman–Crippen LogP) is 2.46. The molecule has 0 saturated carbocycles. The zero-order valence-electron chi connectivity index (χ0n) is 15.1. The Labute approximate surface area is 147 Å². The number of nitrogens with zero attached hydrogens (tertiary/aromatic N) is 4.